The molecule has 0 spiro atoms. The van der Waals surface area contributed by atoms with Gasteiger partial charge in [-0.15, -0.1) is 91.5 Å². The molecule has 0 saturated heterocycles. The van der Waals surface area contributed by atoms with Crippen LogP contribution in [0.25, 0.3) is 70.4 Å². The maximum absolute atomic E-state index is 16.0. The van der Waals surface area contributed by atoms with Crippen LogP contribution in [-0.2, 0) is 0 Å². The van der Waals surface area contributed by atoms with Gasteiger partial charge < -0.3 is 0 Å². The Kier molecular flexibility index (Phi) is 11.7. The molecule has 2 atom stereocenters. The van der Waals surface area contributed by atoms with Crippen molar-refractivity contribution < 1.29 is 52.7 Å². The van der Waals surface area contributed by atoms with E-state index in [9.17, 15) is 0 Å². The van der Waals surface area contributed by atoms with E-state index in [0.717, 1.165) is 51.9 Å². The Balaban J connectivity index is 0.778. The first-order chi connectivity index (χ1) is 36.7. The molecule has 8 heterocycles. The fraction of sp³-hybridized carbons (Fsp3) is 0.207. The average molecular weight is 1220 g/mol. The van der Waals surface area contributed by atoms with Gasteiger partial charge in [-0.1, -0.05) is 60.7 Å². The van der Waals surface area contributed by atoms with Gasteiger partial charge in [-0.2, -0.15) is 52.7 Å². The Labute approximate surface area is 470 Å². The fourth-order valence-electron chi connectivity index (χ4n) is 10.9. The Hall–Kier alpha value is -4.80. The number of halogens is 12. The van der Waals surface area contributed by atoms with Crippen molar-refractivity contribution in [1.29, 1.82) is 0 Å². The summed E-state index contributed by atoms with van der Waals surface area (Å²) < 4.78 is 187. The molecule has 0 nitrogen and oxygen atoms in total. The van der Waals surface area contributed by atoms with Gasteiger partial charge in [0.2, 0.25) is 0 Å². The summed E-state index contributed by atoms with van der Waals surface area (Å²) in [4.78, 5) is 8.84. The molecule has 2 aromatic carbocycles. The molecule has 0 radical (unpaired) electrons. The van der Waals surface area contributed by atoms with E-state index in [2.05, 4.69) is 0 Å². The van der Waals surface area contributed by atoms with Crippen LogP contribution in [0, 0.1) is 13.8 Å². The summed E-state index contributed by atoms with van der Waals surface area (Å²) >= 11 is 10.2. The summed E-state index contributed by atoms with van der Waals surface area (Å²) in [7, 11) is 0. The summed E-state index contributed by atoms with van der Waals surface area (Å²) in [5.41, 5.74) is -5.26. The van der Waals surface area contributed by atoms with Gasteiger partial charge in [-0.3, -0.25) is 0 Å². The Bertz CT molecular complexity index is 4000. The van der Waals surface area contributed by atoms with Gasteiger partial charge in [0, 0.05) is 90.6 Å². The normalized spacial score (nSPS) is 24.0. The fourth-order valence-corrected chi connectivity index (χ4v) is 20.6. The zero-order valence-corrected chi connectivity index (χ0v) is 47.0. The summed E-state index contributed by atoms with van der Waals surface area (Å²) in [5, 5.41) is 0. The first-order valence-electron chi connectivity index (χ1n) is 23.8. The number of hydrogen-bond donors (Lipinski definition) is 0. The lowest BCUT2D eigenvalue weighted by Gasteiger charge is -2.47. The molecule has 2 unspecified atom stereocenters. The zero-order chi connectivity index (χ0) is 55.1. The van der Waals surface area contributed by atoms with Gasteiger partial charge >= 0.3 is 35.5 Å². The van der Waals surface area contributed by atoms with E-state index in [-0.39, 0.29) is 32.0 Å². The number of alkyl halides is 12. The van der Waals surface area contributed by atoms with Crippen molar-refractivity contribution in [2.75, 3.05) is 0 Å². The lowest BCUT2D eigenvalue weighted by atomic mass is 9.71. The molecule has 5 aliphatic rings. The molecule has 398 valence electrons. The first-order valence-corrected chi connectivity index (χ1v) is 30.3. The molecule has 3 aliphatic carbocycles. The highest BCUT2D eigenvalue weighted by Gasteiger charge is 2.84. The number of thiophene rings is 6. The van der Waals surface area contributed by atoms with Crippen molar-refractivity contribution in [2.45, 2.75) is 72.7 Å². The highest BCUT2D eigenvalue weighted by atomic mass is 32.2. The number of aryl methyl sites for hydroxylation is 2. The molecule has 0 amide bonds. The van der Waals surface area contributed by atoms with Gasteiger partial charge in [0.1, 0.15) is 0 Å². The van der Waals surface area contributed by atoms with E-state index in [0.29, 0.717) is 40.4 Å². The molecule has 6 aromatic heterocycles. The van der Waals surface area contributed by atoms with Gasteiger partial charge in [0.05, 0.1) is 9.49 Å². The second-order valence-electron chi connectivity index (χ2n) is 19.6. The summed E-state index contributed by atoms with van der Waals surface area (Å²) in [6.07, 6.45) is 2.77. The quantitative estimate of drug-likeness (QED) is 0.132. The Morgan fingerprint density at radius 3 is 1.08 bits per heavy atom. The van der Waals surface area contributed by atoms with Crippen molar-refractivity contribution in [2.24, 2.45) is 0 Å². The first kappa shape index (κ1) is 52.6. The van der Waals surface area contributed by atoms with Gasteiger partial charge in [-0.05, 0) is 134 Å². The van der Waals surface area contributed by atoms with E-state index < -0.39 is 67.3 Å². The molecule has 20 heteroatoms. The number of rotatable bonds is 9. The van der Waals surface area contributed by atoms with Crippen LogP contribution in [0.5, 0.6) is 0 Å². The lowest BCUT2D eigenvalue weighted by Crippen LogP contribution is -2.48. The lowest BCUT2D eigenvalue weighted by molar-refractivity contribution is -0.258. The second-order valence-corrected chi connectivity index (χ2v) is 29.4. The molecule has 1 fully saturated rings. The Morgan fingerprint density at radius 1 is 0.321 bits per heavy atom. The second kappa shape index (κ2) is 17.4. The van der Waals surface area contributed by atoms with E-state index >= 15 is 52.7 Å². The summed E-state index contributed by atoms with van der Waals surface area (Å²) in [5.74, 6) is -32.0. The topological polar surface area (TPSA) is 0 Å². The predicted octanol–water partition coefficient (Wildman–Crippen LogP) is 21.8. The van der Waals surface area contributed by atoms with Crippen molar-refractivity contribution in [3.63, 3.8) is 0 Å². The van der Waals surface area contributed by atoms with Crippen molar-refractivity contribution in [1.82, 2.24) is 0 Å². The number of hydrogen-bond acceptors (Lipinski definition) is 8. The third-order valence-corrected chi connectivity index (χ3v) is 25.9. The molecule has 8 aromatic rings. The van der Waals surface area contributed by atoms with Gasteiger partial charge in [0.15, 0.2) is 0 Å². The maximum atomic E-state index is 16.0. The van der Waals surface area contributed by atoms with Gasteiger partial charge in [-0.25, -0.2) is 0 Å². The van der Waals surface area contributed by atoms with Gasteiger partial charge in [0.25, 0.3) is 0 Å². The molecule has 78 heavy (non-hydrogen) atoms. The number of allylic oxidation sites excluding steroid dienone is 6. The van der Waals surface area contributed by atoms with E-state index in [1.807, 2.05) is 42.5 Å². The summed E-state index contributed by atoms with van der Waals surface area (Å²) in [6.45, 7) is 6.26. The van der Waals surface area contributed by atoms with Crippen LogP contribution in [0.3, 0.4) is 0 Å². The van der Waals surface area contributed by atoms with Crippen molar-refractivity contribution in [3.8, 4) is 49.5 Å². The number of thioether (sulfide) groups is 2. The minimum absolute atomic E-state index is 0.182. The third kappa shape index (κ3) is 7.11. The molecule has 0 N–H and O–H groups in total. The number of fused-ring (bicyclic) bond motifs is 4. The molecule has 1 saturated carbocycles. The van der Waals surface area contributed by atoms with E-state index in [1.165, 1.54) is 107 Å². The standard InChI is InChI=1S/C58H34F12S8/c1-27-31(23-43(71-27)29-11-7-5-8-12-29)47-48(54(61,62)57(67,68)53(47,59)60)32-24-45(72-28(32)2)41-21-19-39(75-41)37-17-15-35(73-37)36-16-18-38(74-36)40-20-22-42(76-40)46-26-34-50-49(55(63,64)58(69,70)56(50,65)66)33-25-44(30-13-9-6-10-14-30)77-51(33,3)52(34,4)78-46/h5-26H,1-4H3. The van der Waals surface area contributed by atoms with E-state index in [4.69, 9.17) is 0 Å². The predicted molar refractivity (Wildman–Crippen MR) is 302 cm³/mol. The van der Waals surface area contributed by atoms with Crippen LogP contribution in [0.4, 0.5) is 52.7 Å². The molecule has 2 aliphatic heterocycles. The number of benzene rings is 2. The van der Waals surface area contributed by atoms with Crippen LogP contribution < -0.4 is 0 Å². The molecule has 13 rings (SSSR count). The highest BCUT2D eigenvalue weighted by Crippen LogP contribution is 2.76. The average Bonchev–Trinajstić information content (AvgIpc) is 2.45. The minimum atomic E-state index is -5.70. The monoisotopic (exact) mass is 1210 g/mol. The third-order valence-electron chi connectivity index (χ3n) is 15.1. The van der Waals surface area contributed by atoms with Crippen LogP contribution in [-0.4, -0.2) is 45.0 Å². The SMILES string of the molecule is Cc1sc(-c2ccccc2)cc1C1=C(c2cc(-c3ccc(-c4ccc(-c5ccc(-c6ccc(C7=CC8=C9C(=C%10C=C(c%11ccccc%11)SC%10(C)C8(C)S7)C(F)(F)C(F)(F)C9(F)F)s6)s5)s4)s3)sc2C)C(F)(F)C(F)(F)C1(F)F. The molecular formula is C58H34F12S8. The molecule has 0 bridgehead atoms. The van der Waals surface area contributed by atoms with Crippen LogP contribution in [0.15, 0.2) is 156 Å². The molecular weight excluding hydrogens is 1180 g/mol. The highest BCUT2D eigenvalue weighted by molar-refractivity contribution is 8.14. The smallest absolute Gasteiger partial charge is 0.194 e. The Morgan fingerprint density at radius 2 is 0.641 bits per heavy atom. The van der Waals surface area contributed by atoms with Crippen LogP contribution in [0.2, 0.25) is 0 Å². The largest absolute Gasteiger partial charge is 0.380 e. The maximum Gasteiger partial charge on any atom is 0.380 e. The van der Waals surface area contributed by atoms with E-state index in [1.54, 1.807) is 80.6 Å². The van der Waals surface area contributed by atoms with Crippen molar-refractivity contribution >= 4 is 113 Å². The zero-order valence-electron chi connectivity index (χ0n) is 40.5. The van der Waals surface area contributed by atoms with Crippen LogP contribution >= 0.6 is 91.5 Å². The van der Waals surface area contributed by atoms with Crippen molar-refractivity contribution in [3.05, 3.63) is 187 Å². The summed E-state index contributed by atoms with van der Waals surface area (Å²) in [6, 6.07) is 35.2. The minimum Gasteiger partial charge on any atom is -0.194 e. The van der Waals surface area contributed by atoms with Crippen LogP contribution in [0.1, 0.15) is 45.2 Å².